The van der Waals surface area contributed by atoms with Crippen molar-refractivity contribution in [3.8, 4) is 11.5 Å². The maximum Gasteiger partial charge on any atom is 0.266 e. The van der Waals surface area contributed by atoms with Gasteiger partial charge in [0.2, 0.25) is 0 Å². The van der Waals surface area contributed by atoms with Crippen LogP contribution >= 0.6 is 22.7 Å². The van der Waals surface area contributed by atoms with Gasteiger partial charge in [-0.1, -0.05) is 24.6 Å². The van der Waals surface area contributed by atoms with Gasteiger partial charge in [-0.3, -0.25) is 9.69 Å². The van der Waals surface area contributed by atoms with E-state index in [2.05, 4.69) is 30.1 Å². The van der Waals surface area contributed by atoms with Gasteiger partial charge in [-0.15, -0.1) is 22.7 Å². The number of thiophene rings is 2. The van der Waals surface area contributed by atoms with Gasteiger partial charge in [-0.25, -0.2) is 0 Å². The second-order valence-electron chi connectivity index (χ2n) is 8.04. The van der Waals surface area contributed by atoms with E-state index in [9.17, 15) is 4.79 Å². The third-order valence-corrected chi connectivity index (χ3v) is 8.17. The van der Waals surface area contributed by atoms with E-state index in [0.29, 0.717) is 4.88 Å². The molecule has 32 heavy (non-hydrogen) atoms. The van der Waals surface area contributed by atoms with Gasteiger partial charge in [-0.05, 0) is 62.9 Å². The van der Waals surface area contributed by atoms with Crippen LogP contribution < -0.4 is 14.8 Å². The number of methoxy groups -OCH3 is 2. The summed E-state index contributed by atoms with van der Waals surface area (Å²) in [6.45, 7) is 6.31. The maximum absolute atomic E-state index is 13.0. The van der Waals surface area contributed by atoms with Gasteiger partial charge in [0.15, 0.2) is 11.5 Å². The number of hydrogen-bond acceptors (Lipinski definition) is 6. The number of hydrogen-bond donors (Lipinski definition) is 1. The number of carbonyl (C=O) groups excluding carboxylic acids is 1. The van der Waals surface area contributed by atoms with Crippen LogP contribution in [-0.4, -0.2) is 38.1 Å². The molecule has 1 amide bonds. The van der Waals surface area contributed by atoms with Crippen LogP contribution in [0.4, 0.5) is 5.00 Å². The van der Waals surface area contributed by atoms with Gasteiger partial charge in [0.05, 0.1) is 25.1 Å². The molecule has 0 unspecified atom stereocenters. The SMILES string of the molecule is COc1cccc([C@H](c2c(NC(=O)c3cccs3)sc(C)c2C)N2CCCCC2)c1OC. The molecule has 5 nitrogen and oxygen atoms in total. The van der Waals surface area contributed by atoms with Gasteiger partial charge in [0.25, 0.3) is 5.91 Å². The van der Waals surface area contributed by atoms with Crippen LogP contribution in [0.2, 0.25) is 0 Å². The molecule has 1 atom stereocenters. The molecule has 2 aromatic heterocycles. The molecule has 1 aliphatic heterocycles. The fourth-order valence-corrected chi connectivity index (χ4v) is 6.18. The number of para-hydroxylation sites is 1. The average Bonchev–Trinajstić information content (AvgIpc) is 3.45. The standard InChI is InChI=1S/C25H30N2O3S2/c1-16-17(2)32-25(26-24(28)20-12-9-15-31-20)21(16)22(27-13-6-5-7-14-27)18-10-8-11-19(29-3)23(18)30-4/h8-12,15,22H,5-7,13-14H2,1-4H3,(H,26,28)/t22-/m1/s1. The molecular formula is C25H30N2O3S2. The van der Waals surface area contributed by atoms with Gasteiger partial charge in [0.1, 0.15) is 5.00 Å². The zero-order chi connectivity index (χ0) is 22.7. The Labute approximate surface area is 198 Å². The molecule has 0 spiro atoms. The van der Waals surface area contributed by atoms with Crippen LogP contribution in [0.5, 0.6) is 11.5 Å². The molecule has 1 aliphatic rings. The van der Waals surface area contributed by atoms with E-state index in [0.717, 1.165) is 40.7 Å². The summed E-state index contributed by atoms with van der Waals surface area (Å²) in [5.74, 6) is 1.42. The van der Waals surface area contributed by atoms with E-state index in [1.54, 1.807) is 25.6 Å². The first-order chi connectivity index (χ1) is 15.5. The first-order valence-corrected chi connectivity index (χ1v) is 12.6. The van der Waals surface area contributed by atoms with Gasteiger partial charge in [-0.2, -0.15) is 0 Å². The second-order valence-corrected chi connectivity index (χ2v) is 10.2. The summed E-state index contributed by atoms with van der Waals surface area (Å²) >= 11 is 3.11. The second kappa shape index (κ2) is 10.1. The summed E-state index contributed by atoms with van der Waals surface area (Å²) in [5, 5.41) is 6.07. The van der Waals surface area contributed by atoms with Crippen molar-refractivity contribution >= 4 is 33.6 Å². The van der Waals surface area contributed by atoms with Gasteiger partial charge in [0, 0.05) is 16.0 Å². The summed E-state index contributed by atoms with van der Waals surface area (Å²) in [6.07, 6.45) is 3.59. The maximum atomic E-state index is 13.0. The largest absolute Gasteiger partial charge is 0.493 e. The quantitative estimate of drug-likeness (QED) is 0.442. The number of piperidine rings is 1. The zero-order valence-electron chi connectivity index (χ0n) is 19.1. The van der Waals surface area contributed by atoms with Crippen LogP contribution in [0.3, 0.4) is 0 Å². The van der Waals surface area contributed by atoms with Crippen LogP contribution in [-0.2, 0) is 0 Å². The molecule has 4 rings (SSSR count). The zero-order valence-corrected chi connectivity index (χ0v) is 20.7. The van der Waals surface area contributed by atoms with E-state index < -0.39 is 0 Å². The minimum Gasteiger partial charge on any atom is -0.493 e. The molecule has 3 heterocycles. The lowest BCUT2D eigenvalue weighted by atomic mass is 9.92. The summed E-state index contributed by atoms with van der Waals surface area (Å²) < 4.78 is 11.5. The lowest BCUT2D eigenvalue weighted by Gasteiger charge is -2.36. The third-order valence-electron chi connectivity index (χ3n) is 6.16. The predicted octanol–water partition coefficient (Wildman–Crippen LogP) is 6.27. The number of nitrogens with zero attached hydrogens (tertiary/aromatic N) is 1. The fourth-order valence-electron chi connectivity index (χ4n) is 4.48. The fraction of sp³-hybridized carbons (Fsp3) is 0.400. The Morgan fingerprint density at radius 2 is 1.84 bits per heavy atom. The number of rotatable bonds is 7. The van der Waals surface area contributed by atoms with Crippen LogP contribution in [0.1, 0.15) is 56.5 Å². The highest BCUT2D eigenvalue weighted by atomic mass is 32.1. The Balaban J connectivity index is 1.85. The van der Waals surface area contributed by atoms with E-state index in [1.807, 2.05) is 29.6 Å². The molecule has 0 bridgehead atoms. The summed E-state index contributed by atoms with van der Waals surface area (Å²) in [7, 11) is 3.37. The first kappa shape index (κ1) is 22.8. The Morgan fingerprint density at radius 3 is 2.50 bits per heavy atom. The number of ether oxygens (including phenoxy) is 2. The van der Waals surface area contributed by atoms with Crippen molar-refractivity contribution in [1.82, 2.24) is 4.90 Å². The molecule has 0 aliphatic carbocycles. The minimum atomic E-state index is -0.0579. The molecule has 0 radical (unpaired) electrons. The molecular weight excluding hydrogens is 440 g/mol. The van der Waals surface area contributed by atoms with Crippen LogP contribution in [0.25, 0.3) is 0 Å². The van der Waals surface area contributed by atoms with Gasteiger partial charge >= 0.3 is 0 Å². The van der Waals surface area contributed by atoms with Crippen LogP contribution in [0, 0.1) is 13.8 Å². The Kier molecular flexibility index (Phi) is 7.18. The Bertz CT molecular complexity index is 1070. The summed E-state index contributed by atoms with van der Waals surface area (Å²) in [5.41, 5.74) is 3.45. The number of anilines is 1. The lowest BCUT2D eigenvalue weighted by Crippen LogP contribution is -2.35. The number of amides is 1. The Morgan fingerprint density at radius 1 is 1.06 bits per heavy atom. The van der Waals surface area contributed by atoms with Crippen molar-refractivity contribution < 1.29 is 14.3 Å². The number of carbonyl (C=O) groups is 1. The topological polar surface area (TPSA) is 50.8 Å². The summed E-state index contributed by atoms with van der Waals surface area (Å²) in [4.78, 5) is 17.4. The molecule has 1 N–H and O–H groups in total. The third kappa shape index (κ3) is 4.42. The first-order valence-electron chi connectivity index (χ1n) is 10.9. The van der Waals surface area contributed by atoms with Crippen molar-refractivity contribution in [3.05, 3.63) is 62.2 Å². The predicted molar refractivity (Wildman–Crippen MR) is 133 cm³/mol. The average molecular weight is 471 g/mol. The van der Waals surface area contributed by atoms with Crippen LogP contribution in [0.15, 0.2) is 35.7 Å². The van der Waals surface area contributed by atoms with E-state index in [1.165, 1.54) is 41.0 Å². The number of aryl methyl sites for hydroxylation is 1. The Hall–Kier alpha value is -2.35. The van der Waals surface area contributed by atoms with Crippen molar-refractivity contribution in [3.63, 3.8) is 0 Å². The highest BCUT2D eigenvalue weighted by Crippen LogP contribution is 2.47. The molecule has 1 saturated heterocycles. The summed E-state index contributed by atoms with van der Waals surface area (Å²) in [6, 6.07) is 9.82. The van der Waals surface area contributed by atoms with E-state index in [-0.39, 0.29) is 11.9 Å². The lowest BCUT2D eigenvalue weighted by molar-refractivity contribution is 0.103. The highest BCUT2D eigenvalue weighted by Gasteiger charge is 2.33. The molecule has 7 heteroatoms. The minimum absolute atomic E-state index is 0.0241. The molecule has 170 valence electrons. The molecule has 0 saturated carbocycles. The van der Waals surface area contributed by atoms with Crippen molar-refractivity contribution in [2.75, 3.05) is 32.6 Å². The highest BCUT2D eigenvalue weighted by molar-refractivity contribution is 7.17. The van der Waals surface area contributed by atoms with Crippen molar-refractivity contribution in [2.24, 2.45) is 0 Å². The monoisotopic (exact) mass is 470 g/mol. The smallest absolute Gasteiger partial charge is 0.266 e. The van der Waals surface area contributed by atoms with Gasteiger partial charge < -0.3 is 14.8 Å². The molecule has 1 aromatic carbocycles. The number of likely N-dealkylation sites (tertiary alicyclic amines) is 1. The van der Waals surface area contributed by atoms with E-state index in [4.69, 9.17) is 9.47 Å². The normalized spacial score (nSPS) is 15.4. The number of benzene rings is 1. The van der Waals surface area contributed by atoms with E-state index >= 15 is 0 Å². The molecule has 1 fully saturated rings. The van der Waals surface area contributed by atoms with Crippen molar-refractivity contribution in [2.45, 2.75) is 39.2 Å². The van der Waals surface area contributed by atoms with Crippen molar-refractivity contribution in [1.29, 1.82) is 0 Å². The number of nitrogens with one attached hydrogen (secondary N) is 1. The molecule has 3 aromatic rings.